The molecule has 2 heterocycles. The Bertz CT molecular complexity index is 1270. The molecule has 4 rings (SSSR count). The topological polar surface area (TPSA) is 113 Å². The third kappa shape index (κ3) is 4.80. The zero-order valence-electron chi connectivity index (χ0n) is 18.7. The van der Waals surface area contributed by atoms with Gasteiger partial charge in [-0.25, -0.2) is 13.1 Å². The van der Waals surface area contributed by atoms with Gasteiger partial charge in [-0.2, -0.15) is 18.3 Å². The van der Waals surface area contributed by atoms with Gasteiger partial charge in [0.25, 0.3) is 5.91 Å². The van der Waals surface area contributed by atoms with Gasteiger partial charge < -0.3 is 10.2 Å². The molecule has 1 fully saturated rings. The lowest BCUT2D eigenvalue weighted by atomic mass is 10.0. The summed E-state index contributed by atoms with van der Waals surface area (Å²) in [6, 6.07) is 4.22. The Morgan fingerprint density at radius 2 is 1.94 bits per heavy atom. The summed E-state index contributed by atoms with van der Waals surface area (Å²) < 4.78 is 67.2. The van der Waals surface area contributed by atoms with Crippen molar-refractivity contribution in [2.75, 3.05) is 11.9 Å². The maximum atomic E-state index is 13.2. The van der Waals surface area contributed by atoms with Crippen molar-refractivity contribution in [3.8, 4) is 11.3 Å². The molecule has 2 aliphatic rings. The van der Waals surface area contributed by atoms with Crippen molar-refractivity contribution in [1.82, 2.24) is 19.4 Å². The first-order valence-electron chi connectivity index (χ1n) is 10.6. The van der Waals surface area contributed by atoms with E-state index >= 15 is 0 Å². The van der Waals surface area contributed by atoms with Gasteiger partial charge in [0.15, 0.2) is 5.82 Å². The molecule has 0 spiro atoms. The summed E-state index contributed by atoms with van der Waals surface area (Å²) in [5.41, 5.74) is 1.05. The van der Waals surface area contributed by atoms with Crippen LogP contribution < -0.4 is 10.0 Å². The van der Waals surface area contributed by atoms with Gasteiger partial charge in [0.1, 0.15) is 6.54 Å². The zero-order valence-corrected chi connectivity index (χ0v) is 19.5. The van der Waals surface area contributed by atoms with E-state index in [1.807, 2.05) is 6.92 Å². The van der Waals surface area contributed by atoms with Crippen molar-refractivity contribution < 1.29 is 31.2 Å². The number of halogens is 3. The highest BCUT2D eigenvalue weighted by molar-refractivity contribution is 7.89. The van der Waals surface area contributed by atoms with Crippen LogP contribution in [-0.4, -0.2) is 53.7 Å². The van der Waals surface area contributed by atoms with Crippen LogP contribution in [-0.2, 0) is 28.4 Å². The molecule has 34 heavy (non-hydrogen) atoms. The minimum atomic E-state index is -4.76. The average Bonchev–Trinajstić information content (AvgIpc) is 3.44. The predicted octanol–water partition coefficient (Wildman–Crippen LogP) is 2.64. The highest BCUT2D eigenvalue weighted by atomic mass is 32.2. The van der Waals surface area contributed by atoms with Gasteiger partial charge >= 0.3 is 6.18 Å². The molecule has 1 aromatic carbocycles. The number of fused-ring (bicyclic) bond motifs is 1. The Balaban J connectivity index is 1.82. The second-order valence-corrected chi connectivity index (χ2v) is 10.4. The SMILES string of the molecule is CC(=O)Nc1cc(-c2cc3c(c(S(=O)(=O)NCC(F)(F)F)c2)C(=O)N([C@@H](C)C2CC2)C3)n(C)n1. The van der Waals surface area contributed by atoms with E-state index in [0.29, 0.717) is 22.7 Å². The molecule has 2 N–H and O–H groups in total. The van der Waals surface area contributed by atoms with Crippen LogP contribution in [0.2, 0.25) is 0 Å². The van der Waals surface area contributed by atoms with Gasteiger partial charge in [-0.1, -0.05) is 0 Å². The summed E-state index contributed by atoms with van der Waals surface area (Å²) in [5.74, 6) is -0.325. The second kappa shape index (κ2) is 8.38. The van der Waals surface area contributed by atoms with E-state index in [1.54, 1.807) is 22.7 Å². The molecule has 1 aliphatic heterocycles. The van der Waals surface area contributed by atoms with Crippen LogP contribution in [0.25, 0.3) is 11.3 Å². The molecule has 0 bridgehead atoms. The van der Waals surface area contributed by atoms with E-state index in [2.05, 4.69) is 10.4 Å². The number of amides is 2. The van der Waals surface area contributed by atoms with E-state index in [-0.39, 0.29) is 29.9 Å². The molecule has 9 nitrogen and oxygen atoms in total. The quantitative estimate of drug-likeness (QED) is 0.608. The molecule has 1 atom stereocenters. The fourth-order valence-corrected chi connectivity index (χ4v) is 5.47. The van der Waals surface area contributed by atoms with Gasteiger partial charge in [0, 0.05) is 38.2 Å². The third-order valence-corrected chi connectivity index (χ3v) is 7.45. The Morgan fingerprint density at radius 3 is 2.53 bits per heavy atom. The molecule has 2 aromatic rings. The molecule has 0 radical (unpaired) electrons. The number of sulfonamides is 1. The molecular weight excluding hydrogens is 475 g/mol. The molecule has 184 valence electrons. The van der Waals surface area contributed by atoms with Crippen LogP contribution in [0.15, 0.2) is 23.1 Å². The minimum absolute atomic E-state index is 0.116. The van der Waals surface area contributed by atoms with E-state index in [1.165, 1.54) is 23.7 Å². The number of benzene rings is 1. The lowest BCUT2D eigenvalue weighted by Crippen LogP contribution is -2.36. The van der Waals surface area contributed by atoms with Crippen LogP contribution in [0.4, 0.5) is 19.0 Å². The van der Waals surface area contributed by atoms with Crippen molar-refractivity contribution in [3.63, 3.8) is 0 Å². The Morgan fingerprint density at radius 1 is 1.26 bits per heavy atom. The first kappa shape index (κ1) is 24.2. The van der Waals surface area contributed by atoms with Crippen LogP contribution in [0, 0.1) is 5.92 Å². The molecule has 2 amide bonds. The highest BCUT2D eigenvalue weighted by Crippen LogP contribution is 2.41. The average molecular weight is 500 g/mol. The van der Waals surface area contributed by atoms with Crippen molar-refractivity contribution in [2.45, 2.75) is 50.3 Å². The normalized spacial score (nSPS) is 17.1. The van der Waals surface area contributed by atoms with E-state index in [9.17, 15) is 31.2 Å². The fourth-order valence-electron chi connectivity index (χ4n) is 4.19. The summed E-state index contributed by atoms with van der Waals surface area (Å²) in [6.45, 7) is 1.59. The largest absolute Gasteiger partial charge is 0.402 e. The molecule has 1 saturated carbocycles. The van der Waals surface area contributed by atoms with E-state index in [0.717, 1.165) is 12.8 Å². The number of nitrogens with one attached hydrogen (secondary N) is 2. The summed E-state index contributed by atoms with van der Waals surface area (Å²) in [7, 11) is -3.10. The van der Waals surface area contributed by atoms with Gasteiger partial charge in [0.2, 0.25) is 15.9 Å². The Kier molecular flexibility index (Phi) is 5.96. The lowest BCUT2D eigenvalue weighted by Gasteiger charge is -2.24. The number of alkyl halides is 3. The molecule has 13 heteroatoms. The first-order chi connectivity index (χ1) is 15.8. The molecular formula is C21H24F3N5O4S. The fraction of sp³-hybridized carbons (Fsp3) is 0.476. The van der Waals surface area contributed by atoms with E-state index in [4.69, 9.17) is 0 Å². The molecule has 0 unspecified atom stereocenters. The summed E-state index contributed by atoms with van der Waals surface area (Å²) >= 11 is 0. The summed E-state index contributed by atoms with van der Waals surface area (Å²) in [5, 5.41) is 6.69. The zero-order chi connectivity index (χ0) is 25.0. The van der Waals surface area contributed by atoms with Gasteiger partial charge in [-0.3, -0.25) is 14.3 Å². The van der Waals surface area contributed by atoms with Crippen LogP contribution in [0.5, 0.6) is 0 Å². The number of nitrogens with zero attached hydrogens (tertiary/aromatic N) is 3. The Labute approximate surface area is 194 Å². The number of rotatable bonds is 7. The summed E-state index contributed by atoms with van der Waals surface area (Å²) in [4.78, 5) is 25.7. The standard InChI is InChI=1S/C21H24F3N5O4S/c1-11(13-4-5-13)29-9-15-6-14(16-8-18(26-12(2)30)27-28(16)3)7-17(19(15)20(29)31)34(32,33)25-10-21(22,23)24/h6-8,11,13,25H,4-5,9-10H2,1-3H3,(H,26,27,30)/t11-/m0/s1. The number of carbonyl (C=O) groups excluding carboxylic acids is 2. The van der Waals surface area contributed by atoms with Crippen molar-refractivity contribution >= 4 is 27.7 Å². The number of aryl methyl sites for hydroxylation is 1. The van der Waals surface area contributed by atoms with E-state index < -0.39 is 33.5 Å². The molecule has 0 saturated heterocycles. The third-order valence-electron chi connectivity index (χ3n) is 6.03. The predicted molar refractivity (Wildman–Crippen MR) is 116 cm³/mol. The lowest BCUT2D eigenvalue weighted by molar-refractivity contribution is -0.121. The maximum Gasteiger partial charge on any atom is 0.402 e. The molecule has 1 aliphatic carbocycles. The van der Waals surface area contributed by atoms with Crippen molar-refractivity contribution in [2.24, 2.45) is 13.0 Å². The van der Waals surface area contributed by atoms with Crippen LogP contribution in [0.3, 0.4) is 0 Å². The number of hydrogen-bond acceptors (Lipinski definition) is 5. The van der Waals surface area contributed by atoms with Crippen LogP contribution >= 0.6 is 0 Å². The number of anilines is 1. The first-order valence-corrected chi connectivity index (χ1v) is 12.1. The van der Waals surface area contributed by atoms with Gasteiger partial charge in [-0.05, 0) is 43.4 Å². The maximum absolute atomic E-state index is 13.2. The number of aromatic nitrogens is 2. The van der Waals surface area contributed by atoms with Crippen molar-refractivity contribution in [3.05, 3.63) is 29.3 Å². The van der Waals surface area contributed by atoms with Crippen molar-refractivity contribution in [1.29, 1.82) is 0 Å². The monoisotopic (exact) mass is 499 g/mol. The number of hydrogen-bond donors (Lipinski definition) is 2. The summed E-state index contributed by atoms with van der Waals surface area (Å²) in [6.07, 6.45) is -2.84. The smallest absolute Gasteiger partial charge is 0.331 e. The second-order valence-electron chi connectivity index (χ2n) is 8.68. The number of carbonyl (C=O) groups is 2. The minimum Gasteiger partial charge on any atom is -0.331 e. The Hall–Kier alpha value is -2.93. The van der Waals surface area contributed by atoms with Gasteiger partial charge in [0.05, 0.1) is 16.2 Å². The van der Waals surface area contributed by atoms with Crippen LogP contribution in [0.1, 0.15) is 42.6 Å². The molecule has 1 aromatic heterocycles. The van der Waals surface area contributed by atoms with Gasteiger partial charge in [-0.15, -0.1) is 0 Å². The highest BCUT2D eigenvalue weighted by Gasteiger charge is 2.42.